The maximum absolute atomic E-state index is 13.3. The first-order chi connectivity index (χ1) is 7.25. The number of halogens is 3. The minimum Gasteiger partial charge on any atom is -0.481 e. The monoisotopic (exact) mass is 292 g/mol. The third-order valence-corrected chi connectivity index (χ3v) is 3.13. The Bertz CT molecular complexity index is 430. The van der Waals surface area contributed by atoms with E-state index in [1.165, 1.54) is 6.07 Å². The van der Waals surface area contributed by atoms with Gasteiger partial charge in [0.2, 0.25) is 0 Å². The largest absolute Gasteiger partial charge is 0.481 e. The molecule has 0 saturated carbocycles. The molecule has 1 rings (SSSR count). The number of rotatable bonds is 3. The highest BCUT2D eigenvalue weighted by molar-refractivity contribution is 9.10. The molecule has 1 aromatic rings. The number of carboxylic acid groups (broad SMARTS) is 1. The van der Waals surface area contributed by atoms with Crippen molar-refractivity contribution in [1.82, 2.24) is 0 Å². The molecule has 2 nitrogen and oxygen atoms in total. The van der Waals surface area contributed by atoms with Gasteiger partial charge in [0.05, 0.1) is 10.9 Å². The molecule has 16 heavy (non-hydrogen) atoms. The van der Waals surface area contributed by atoms with Gasteiger partial charge in [0.1, 0.15) is 0 Å². The van der Waals surface area contributed by atoms with Crippen molar-refractivity contribution in [3.8, 4) is 0 Å². The minimum atomic E-state index is -0.990. The predicted octanol–water partition coefficient (Wildman–Crippen LogP) is 3.48. The summed E-state index contributed by atoms with van der Waals surface area (Å²) in [7, 11) is 0. The molecule has 1 aromatic carbocycles. The second kappa shape index (κ2) is 4.49. The molecular formula is C11H11BrF2O2. The highest BCUT2D eigenvalue weighted by atomic mass is 79.9. The van der Waals surface area contributed by atoms with E-state index in [9.17, 15) is 13.6 Å². The maximum Gasteiger partial charge on any atom is 0.304 e. The van der Waals surface area contributed by atoms with Gasteiger partial charge in [-0.1, -0.05) is 19.9 Å². The number of carboxylic acids is 1. The zero-order chi connectivity index (χ0) is 12.5. The van der Waals surface area contributed by atoms with E-state index < -0.39 is 23.0 Å². The summed E-state index contributed by atoms with van der Waals surface area (Å²) in [5.41, 5.74) is -0.326. The lowest BCUT2D eigenvalue weighted by Crippen LogP contribution is -2.22. The molecule has 0 aromatic heterocycles. The summed E-state index contributed by atoms with van der Waals surface area (Å²) < 4.78 is 26.2. The lowest BCUT2D eigenvalue weighted by atomic mass is 9.81. The Labute approximate surface area is 100 Å². The molecule has 0 aliphatic rings. The molecule has 1 N–H and O–H groups in total. The summed E-state index contributed by atoms with van der Waals surface area (Å²) in [4.78, 5) is 10.7. The molecule has 0 heterocycles. The van der Waals surface area contributed by atoms with E-state index in [0.717, 1.165) is 6.07 Å². The molecule has 0 unspecified atom stereocenters. The maximum atomic E-state index is 13.3. The highest BCUT2D eigenvalue weighted by Gasteiger charge is 2.28. The van der Waals surface area contributed by atoms with E-state index >= 15 is 0 Å². The van der Waals surface area contributed by atoms with Crippen LogP contribution in [0.1, 0.15) is 25.8 Å². The van der Waals surface area contributed by atoms with Crippen LogP contribution >= 0.6 is 15.9 Å². The van der Waals surface area contributed by atoms with Crippen molar-refractivity contribution in [3.05, 3.63) is 33.8 Å². The van der Waals surface area contributed by atoms with Gasteiger partial charge in [0, 0.05) is 5.41 Å². The summed E-state index contributed by atoms with van der Waals surface area (Å²) in [5, 5.41) is 8.74. The Morgan fingerprint density at radius 2 is 2.00 bits per heavy atom. The summed E-state index contributed by atoms with van der Waals surface area (Å²) in [6, 6.07) is 2.39. The molecule has 0 spiro atoms. The van der Waals surface area contributed by atoms with Gasteiger partial charge in [0.15, 0.2) is 11.6 Å². The van der Waals surface area contributed by atoms with Crippen LogP contribution in [0.3, 0.4) is 0 Å². The van der Waals surface area contributed by atoms with Crippen molar-refractivity contribution in [1.29, 1.82) is 0 Å². The third-order valence-electron chi connectivity index (χ3n) is 2.36. The molecule has 0 fully saturated rings. The first-order valence-electron chi connectivity index (χ1n) is 4.61. The van der Waals surface area contributed by atoms with Crippen molar-refractivity contribution in [3.63, 3.8) is 0 Å². The number of aliphatic carboxylic acids is 1. The van der Waals surface area contributed by atoms with Crippen LogP contribution in [0.4, 0.5) is 8.78 Å². The summed E-state index contributed by atoms with van der Waals surface area (Å²) >= 11 is 2.95. The highest BCUT2D eigenvalue weighted by Crippen LogP contribution is 2.35. The Hall–Kier alpha value is -0.970. The van der Waals surface area contributed by atoms with E-state index in [1.54, 1.807) is 13.8 Å². The molecule has 5 heteroatoms. The lowest BCUT2D eigenvalue weighted by molar-refractivity contribution is -0.138. The van der Waals surface area contributed by atoms with Crippen LogP contribution in [0.2, 0.25) is 0 Å². The Balaban J connectivity index is 3.23. The number of hydrogen-bond acceptors (Lipinski definition) is 1. The Morgan fingerprint density at radius 1 is 1.44 bits per heavy atom. The van der Waals surface area contributed by atoms with Crippen molar-refractivity contribution >= 4 is 21.9 Å². The topological polar surface area (TPSA) is 37.3 Å². The summed E-state index contributed by atoms with van der Waals surface area (Å²) in [6.45, 7) is 3.33. The van der Waals surface area contributed by atoms with Gasteiger partial charge in [-0.2, -0.15) is 0 Å². The third kappa shape index (κ3) is 2.58. The molecule has 0 aliphatic heterocycles. The van der Waals surface area contributed by atoms with Crippen LogP contribution in [0, 0.1) is 11.6 Å². The van der Waals surface area contributed by atoms with Crippen LogP contribution in [0.15, 0.2) is 16.6 Å². The standard InChI is InChI=1S/C11H11BrF2O2/c1-11(2,5-8(15)16)6-3-4-7(13)10(14)9(6)12/h3-4H,5H2,1-2H3,(H,15,16). The molecule has 0 saturated heterocycles. The van der Waals surface area contributed by atoms with Gasteiger partial charge in [-0.25, -0.2) is 8.78 Å². The molecule has 0 amide bonds. The van der Waals surface area contributed by atoms with Crippen molar-refractivity contribution < 1.29 is 18.7 Å². The van der Waals surface area contributed by atoms with E-state index in [2.05, 4.69) is 15.9 Å². The lowest BCUT2D eigenvalue weighted by Gasteiger charge is -2.24. The molecule has 0 bridgehead atoms. The first kappa shape index (κ1) is 13.1. The van der Waals surface area contributed by atoms with Crippen molar-refractivity contribution in [2.24, 2.45) is 0 Å². The average molecular weight is 293 g/mol. The summed E-state index contributed by atoms with van der Waals surface area (Å²) in [6.07, 6.45) is -0.156. The van der Waals surface area contributed by atoms with E-state index in [1.807, 2.05) is 0 Å². The van der Waals surface area contributed by atoms with E-state index in [-0.39, 0.29) is 10.9 Å². The number of benzene rings is 1. The van der Waals surface area contributed by atoms with Gasteiger partial charge in [-0.05, 0) is 27.6 Å². The smallest absolute Gasteiger partial charge is 0.304 e. The molecule has 0 radical (unpaired) electrons. The van der Waals surface area contributed by atoms with Crippen LogP contribution in [-0.4, -0.2) is 11.1 Å². The molecular weight excluding hydrogens is 282 g/mol. The first-order valence-corrected chi connectivity index (χ1v) is 5.41. The number of carbonyl (C=O) groups is 1. The van der Waals surface area contributed by atoms with Gasteiger partial charge in [0.25, 0.3) is 0 Å². The zero-order valence-corrected chi connectivity index (χ0v) is 10.4. The zero-order valence-electron chi connectivity index (χ0n) is 8.85. The second-order valence-electron chi connectivity index (χ2n) is 4.18. The van der Waals surface area contributed by atoms with Crippen molar-refractivity contribution in [2.45, 2.75) is 25.7 Å². The fraction of sp³-hybridized carbons (Fsp3) is 0.364. The van der Waals surface area contributed by atoms with Crippen LogP contribution in [0.25, 0.3) is 0 Å². The Kier molecular flexibility index (Phi) is 3.68. The van der Waals surface area contributed by atoms with Crippen LogP contribution in [0.5, 0.6) is 0 Å². The van der Waals surface area contributed by atoms with Crippen LogP contribution < -0.4 is 0 Å². The quantitative estimate of drug-likeness (QED) is 0.866. The van der Waals surface area contributed by atoms with Crippen LogP contribution in [-0.2, 0) is 10.2 Å². The Morgan fingerprint density at radius 3 is 2.50 bits per heavy atom. The number of hydrogen-bond donors (Lipinski definition) is 1. The molecule has 88 valence electrons. The minimum absolute atomic E-state index is 0.0150. The fourth-order valence-corrected chi connectivity index (χ4v) is 2.38. The predicted molar refractivity (Wildman–Crippen MR) is 59.3 cm³/mol. The fourth-order valence-electron chi connectivity index (χ4n) is 1.52. The molecule has 0 atom stereocenters. The van der Waals surface area contributed by atoms with Gasteiger partial charge >= 0.3 is 5.97 Å². The SMILES string of the molecule is CC(C)(CC(=O)O)c1ccc(F)c(F)c1Br. The van der Waals surface area contributed by atoms with Crippen molar-refractivity contribution in [2.75, 3.05) is 0 Å². The molecule has 0 aliphatic carbocycles. The van der Waals surface area contributed by atoms with E-state index in [4.69, 9.17) is 5.11 Å². The van der Waals surface area contributed by atoms with Gasteiger partial charge in [-0.3, -0.25) is 4.79 Å². The normalized spacial score (nSPS) is 11.6. The second-order valence-corrected chi connectivity index (χ2v) is 4.97. The average Bonchev–Trinajstić information content (AvgIpc) is 2.11. The van der Waals surface area contributed by atoms with Gasteiger partial charge < -0.3 is 5.11 Å². The van der Waals surface area contributed by atoms with E-state index in [0.29, 0.717) is 5.56 Å². The summed E-state index contributed by atoms with van der Waals surface area (Å²) in [5.74, 6) is -2.93. The van der Waals surface area contributed by atoms with Gasteiger partial charge in [-0.15, -0.1) is 0 Å².